The summed E-state index contributed by atoms with van der Waals surface area (Å²) in [7, 11) is 0. The van der Waals surface area contributed by atoms with Crippen LogP contribution in [0.4, 0.5) is 0 Å². The molecule has 90 valence electrons. The summed E-state index contributed by atoms with van der Waals surface area (Å²) in [6, 6.07) is 0. The third-order valence-electron chi connectivity index (χ3n) is 1.24. The van der Waals surface area contributed by atoms with Crippen molar-refractivity contribution in [2.75, 3.05) is 26.4 Å². The Labute approximate surface area is 91.6 Å². The Balaban J connectivity index is 3.47. The van der Waals surface area contributed by atoms with Crippen LogP contribution in [0, 0.1) is 0 Å². The van der Waals surface area contributed by atoms with Gasteiger partial charge in [0, 0.05) is 6.08 Å². The first kappa shape index (κ1) is 14.1. The molecule has 0 aliphatic heterocycles. The number of hydrogen-bond acceptors (Lipinski definition) is 7. The van der Waals surface area contributed by atoms with Gasteiger partial charge < -0.3 is 19.3 Å². The molecule has 0 rings (SSSR count). The van der Waals surface area contributed by atoms with Gasteiger partial charge in [0.25, 0.3) is 0 Å². The number of ether oxygens (including phenoxy) is 3. The molecule has 0 aliphatic carbocycles. The van der Waals surface area contributed by atoms with Crippen molar-refractivity contribution >= 4 is 17.9 Å². The van der Waals surface area contributed by atoms with Gasteiger partial charge in [0.2, 0.25) is 0 Å². The quantitative estimate of drug-likeness (QED) is 0.254. The van der Waals surface area contributed by atoms with Gasteiger partial charge in [0.15, 0.2) is 6.61 Å². The lowest BCUT2D eigenvalue weighted by atomic mass is 10.6. The van der Waals surface area contributed by atoms with Crippen molar-refractivity contribution < 1.29 is 33.7 Å². The van der Waals surface area contributed by atoms with Crippen molar-refractivity contribution in [1.82, 2.24) is 0 Å². The van der Waals surface area contributed by atoms with Gasteiger partial charge in [-0.25, -0.2) is 14.4 Å². The molecule has 7 heteroatoms. The lowest BCUT2D eigenvalue weighted by molar-refractivity contribution is -0.161. The van der Waals surface area contributed by atoms with Crippen LogP contribution in [-0.2, 0) is 28.6 Å². The summed E-state index contributed by atoms with van der Waals surface area (Å²) >= 11 is 0. The molecule has 0 aromatic heterocycles. The number of aliphatic hydroxyl groups excluding tert-OH is 1. The molecule has 0 atom stereocenters. The Kier molecular flexibility index (Phi) is 7.43. The Bertz CT molecular complexity index is 271. The van der Waals surface area contributed by atoms with E-state index in [0.717, 1.165) is 6.08 Å². The molecule has 0 unspecified atom stereocenters. The van der Waals surface area contributed by atoms with E-state index in [9.17, 15) is 14.4 Å². The Morgan fingerprint density at radius 1 is 1.06 bits per heavy atom. The molecule has 1 N–H and O–H groups in total. The van der Waals surface area contributed by atoms with Crippen LogP contribution < -0.4 is 0 Å². The third kappa shape index (κ3) is 7.51. The topological polar surface area (TPSA) is 99.1 Å². The molecule has 0 amide bonds. The minimum Gasteiger partial charge on any atom is -0.460 e. The van der Waals surface area contributed by atoms with Crippen LogP contribution >= 0.6 is 0 Å². The predicted molar refractivity (Wildman–Crippen MR) is 50.2 cm³/mol. The molecule has 0 radical (unpaired) electrons. The number of carbonyl (C=O) groups excluding carboxylic acids is 3. The maximum absolute atomic E-state index is 10.8. The second kappa shape index (κ2) is 8.42. The van der Waals surface area contributed by atoms with Crippen LogP contribution in [0.5, 0.6) is 0 Å². The van der Waals surface area contributed by atoms with Gasteiger partial charge in [-0.1, -0.05) is 6.58 Å². The van der Waals surface area contributed by atoms with Crippen LogP contribution in [0.1, 0.15) is 0 Å². The summed E-state index contributed by atoms with van der Waals surface area (Å²) < 4.78 is 13.3. The van der Waals surface area contributed by atoms with E-state index in [1.165, 1.54) is 0 Å². The highest BCUT2D eigenvalue weighted by atomic mass is 16.6. The highest BCUT2D eigenvalue weighted by Gasteiger charge is 2.07. The van der Waals surface area contributed by atoms with Gasteiger partial charge in [-0.05, 0) is 0 Å². The fourth-order valence-electron chi connectivity index (χ4n) is 0.583. The zero-order valence-corrected chi connectivity index (χ0v) is 8.51. The zero-order valence-electron chi connectivity index (χ0n) is 8.51. The fourth-order valence-corrected chi connectivity index (χ4v) is 0.583. The average Bonchev–Trinajstić information content (AvgIpc) is 2.31. The molecule has 0 aromatic carbocycles. The molecule has 0 saturated heterocycles. The second-order valence-electron chi connectivity index (χ2n) is 2.41. The van der Waals surface area contributed by atoms with Crippen LogP contribution in [0.25, 0.3) is 0 Å². The number of esters is 3. The maximum atomic E-state index is 10.8. The fraction of sp³-hybridized carbons (Fsp3) is 0.444. The summed E-state index contributed by atoms with van der Waals surface area (Å²) in [6.45, 7) is 1.53. The van der Waals surface area contributed by atoms with Gasteiger partial charge >= 0.3 is 17.9 Å². The smallest absolute Gasteiger partial charge is 0.344 e. The van der Waals surface area contributed by atoms with E-state index in [1.54, 1.807) is 0 Å². The Morgan fingerprint density at radius 2 is 1.69 bits per heavy atom. The normalized spacial score (nSPS) is 9.06. The second-order valence-corrected chi connectivity index (χ2v) is 2.41. The van der Waals surface area contributed by atoms with Gasteiger partial charge in [0.1, 0.15) is 19.8 Å². The van der Waals surface area contributed by atoms with E-state index in [2.05, 4.69) is 20.8 Å². The highest BCUT2D eigenvalue weighted by Crippen LogP contribution is 1.85. The molecule has 16 heavy (non-hydrogen) atoms. The van der Waals surface area contributed by atoms with Crippen molar-refractivity contribution in [3.05, 3.63) is 12.7 Å². The largest absolute Gasteiger partial charge is 0.460 e. The average molecular weight is 232 g/mol. The summed E-state index contributed by atoms with van der Waals surface area (Å²) in [5.74, 6) is -2.34. The van der Waals surface area contributed by atoms with Crippen molar-refractivity contribution in [1.29, 1.82) is 0 Å². The van der Waals surface area contributed by atoms with Crippen molar-refractivity contribution in [2.45, 2.75) is 0 Å². The van der Waals surface area contributed by atoms with E-state index in [1.807, 2.05) is 0 Å². The maximum Gasteiger partial charge on any atom is 0.344 e. The van der Waals surface area contributed by atoms with Crippen LogP contribution in [0.3, 0.4) is 0 Å². The summed E-state index contributed by atoms with van der Waals surface area (Å²) in [5, 5.41) is 8.26. The molecule has 0 heterocycles. The zero-order chi connectivity index (χ0) is 12.4. The Morgan fingerprint density at radius 3 is 2.25 bits per heavy atom. The summed E-state index contributed by atoms with van der Waals surface area (Å²) in [4.78, 5) is 31.8. The van der Waals surface area contributed by atoms with E-state index in [0.29, 0.717) is 0 Å². The lowest BCUT2D eigenvalue weighted by Gasteiger charge is -2.05. The Hall–Kier alpha value is -1.89. The third-order valence-corrected chi connectivity index (χ3v) is 1.24. The standard InChI is InChI=1S/C9H12O7/c1-2-7(11)14-3-4-15-9(13)6-16-8(12)5-10/h2,10H,1,3-6H2. The SMILES string of the molecule is C=CC(=O)OCCOC(=O)COC(=O)CO. The number of carbonyl (C=O) groups is 3. The van der Waals surface area contributed by atoms with E-state index in [4.69, 9.17) is 5.11 Å². The van der Waals surface area contributed by atoms with Crippen LogP contribution in [0.15, 0.2) is 12.7 Å². The summed E-state index contributed by atoms with van der Waals surface area (Å²) in [6.07, 6.45) is 0.977. The molecule has 0 fully saturated rings. The van der Waals surface area contributed by atoms with E-state index >= 15 is 0 Å². The first-order valence-electron chi connectivity index (χ1n) is 4.31. The van der Waals surface area contributed by atoms with Crippen molar-refractivity contribution in [3.8, 4) is 0 Å². The molecule has 0 saturated carbocycles. The molecule has 7 nitrogen and oxygen atoms in total. The first-order valence-corrected chi connectivity index (χ1v) is 4.31. The van der Waals surface area contributed by atoms with Crippen molar-refractivity contribution in [2.24, 2.45) is 0 Å². The van der Waals surface area contributed by atoms with Gasteiger partial charge in [-0.3, -0.25) is 0 Å². The molecule has 0 aromatic rings. The van der Waals surface area contributed by atoms with E-state index < -0.39 is 31.1 Å². The van der Waals surface area contributed by atoms with E-state index in [-0.39, 0.29) is 13.2 Å². The molecule has 0 spiro atoms. The van der Waals surface area contributed by atoms with Crippen LogP contribution in [0.2, 0.25) is 0 Å². The monoisotopic (exact) mass is 232 g/mol. The molecular formula is C9H12O7. The lowest BCUT2D eigenvalue weighted by Crippen LogP contribution is -2.20. The van der Waals surface area contributed by atoms with Gasteiger partial charge in [-0.2, -0.15) is 0 Å². The van der Waals surface area contributed by atoms with Gasteiger partial charge in [-0.15, -0.1) is 0 Å². The van der Waals surface area contributed by atoms with Gasteiger partial charge in [0.05, 0.1) is 0 Å². The highest BCUT2D eigenvalue weighted by molar-refractivity contribution is 5.81. The minimum atomic E-state index is -0.921. The number of aliphatic hydroxyl groups is 1. The molecule has 0 aliphatic rings. The minimum absolute atomic E-state index is 0.107. The van der Waals surface area contributed by atoms with Crippen LogP contribution in [-0.4, -0.2) is 49.4 Å². The van der Waals surface area contributed by atoms with Crippen molar-refractivity contribution in [3.63, 3.8) is 0 Å². The number of rotatable bonds is 7. The molecular weight excluding hydrogens is 220 g/mol. The first-order chi connectivity index (χ1) is 7.60. The predicted octanol–water partition coefficient (Wildman–Crippen LogP) is -1.21. The molecule has 0 bridgehead atoms. The summed E-state index contributed by atoms with van der Waals surface area (Å²) in [5.41, 5.74) is 0. The number of hydrogen-bond donors (Lipinski definition) is 1.